The van der Waals surface area contributed by atoms with E-state index in [4.69, 9.17) is 9.15 Å². The van der Waals surface area contributed by atoms with Gasteiger partial charge in [-0.05, 0) is 30.3 Å². The van der Waals surface area contributed by atoms with Crippen LogP contribution in [0.4, 0.5) is 4.39 Å². The third-order valence-electron chi connectivity index (χ3n) is 2.72. The van der Waals surface area contributed by atoms with Crippen LogP contribution in [-0.4, -0.2) is 22.3 Å². The standard InChI is InChI=1S/C14H10FN3O2/c1-19-11-4-2-3-9(7-11)13-17-18-14(20-13)10-5-6-12(15)16-8-10/h2-8H,1H3. The summed E-state index contributed by atoms with van der Waals surface area (Å²) in [6.45, 7) is 0. The fourth-order valence-electron chi connectivity index (χ4n) is 1.71. The molecule has 3 rings (SSSR count). The Bertz CT molecular complexity index is 725. The van der Waals surface area contributed by atoms with Crippen molar-refractivity contribution >= 4 is 0 Å². The number of hydrogen-bond acceptors (Lipinski definition) is 5. The number of pyridine rings is 1. The molecule has 0 N–H and O–H groups in total. The molecule has 0 aliphatic rings. The zero-order chi connectivity index (χ0) is 13.9. The van der Waals surface area contributed by atoms with Crippen molar-refractivity contribution in [2.45, 2.75) is 0 Å². The maximum Gasteiger partial charge on any atom is 0.249 e. The first-order valence-corrected chi connectivity index (χ1v) is 5.86. The molecule has 0 aliphatic carbocycles. The molecule has 3 aromatic rings. The molecule has 0 fully saturated rings. The molecular weight excluding hydrogens is 261 g/mol. The van der Waals surface area contributed by atoms with E-state index < -0.39 is 5.95 Å². The van der Waals surface area contributed by atoms with Crippen molar-refractivity contribution in [1.29, 1.82) is 0 Å². The fraction of sp³-hybridized carbons (Fsp3) is 0.0714. The molecule has 100 valence electrons. The van der Waals surface area contributed by atoms with Gasteiger partial charge in [-0.2, -0.15) is 4.39 Å². The first-order valence-electron chi connectivity index (χ1n) is 5.86. The van der Waals surface area contributed by atoms with E-state index in [2.05, 4.69) is 15.2 Å². The molecule has 1 aromatic carbocycles. The minimum absolute atomic E-state index is 0.287. The van der Waals surface area contributed by atoms with Gasteiger partial charge in [0.2, 0.25) is 17.7 Å². The molecule has 0 radical (unpaired) electrons. The first kappa shape index (κ1) is 12.3. The summed E-state index contributed by atoms with van der Waals surface area (Å²) >= 11 is 0. The second-order valence-electron chi connectivity index (χ2n) is 4.01. The summed E-state index contributed by atoms with van der Waals surface area (Å²) in [4.78, 5) is 3.55. The highest BCUT2D eigenvalue weighted by Crippen LogP contribution is 2.25. The molecule has 2 aromatic heterocycles. The molecule has 6 heteroatoms. The topological polar surface area (TPSA) is 61.0 Å². The summed E-state index contributed by atoms with van der Waals surface area (Å²) in [5.41, 5.74) is 1.31. The Labute approximate surface area is 114 Å². The van der Waals surface area contributed by atoms with Crippen molar-refractivity contribution in [1.82, 2.24) is 15.2 Å². The van der Waals surface area contributed by atoms with Gasteiger partial charge in [-0.1, -0.05) is 6.07 Å². The number of nitrogens with zero attached hydrogens (tertiary/aromatic N) is 3. The highest BCUT2D eigenvalue weighted by atomic mass is 19.1. The maximum absolute atomic E-state index is 12.8. The van der Waals surface area contributed by atoms with Gasteiger partial charge in [0.1, 0.15) is 5.75 Å². The van der Waals surface area contributed by atoms with Crippen molar-refractivity contribution in [2.24, 2.45) is 0 Å². The summed E-state index contributed by atoms with van der Waals surface area (Å²) in [5, 5.41) is 7.89. The zero-order valence-corrected chi connectivity index (χ0v) is 10.6. The molecule has 0 amide bonds. The van der Waals surface area contributed by atoms with Crippen LogP contribution >= 0.6 is 0 Å². The molecule has 0 atom stereocenters. The van der Waals surface area contributed by atoms with Crippen molar-refractivity contribution in [3.05, 3.63) is 48.5 Å². The molecule has 0 aliphatic heterocycles. The van der Waals surface area contributed by atoms with Crippen LogP contribution in [0.15, 0.2) is 47.0 Å². The summed E-state index contributed by atoms with van der Waals surface area (Å²) in [7, 11) is 1.59. The summed E-state index contributed by atoms with van der Waals surface area (Å²) in [6, 6.07) is 10.1. The third kappa shape index (κ3) is 2.35. The number of methoxy groups -OCH3 is 1. The lowest BCUT2D eigenvalue weighted by Gasteiger charge is -2.00. The molecule has 0 saturated carbocycles. The van der Waals surface area contributed by atoms with Gasteiger partial charge >= 0.3 is 0 Å². The zero-order valence-electron chi connectivity index (χ0n) is 10.6. The largest absolute Gasteiger partial charge is 0.497 e. The second-order valence-corrected chi connectivity index (χ2v) is 4.01. The SMILES string of the molecule is COc1cccc(-c2nnc(-c3ccc(F)nc3)o2)c1. The van der Waals surface area contributed by atoms with Gasteiger partial charge in [0, 0.05) is 11.8 Å². The molecule has 0 spiro atoms. The summed E-state index contributed by atoms with van der Waals surface area (Å²) in [6.07, 6.45) is 1.35. The molecule has 5 nitrogen and oxygen atoms in total. The minimum Gasteiger partial charge on any atom is -0.497 e. The fourth-order valence-corrected chi connectivity index (χ4v) is 1.71. The third-order valence-corrected chi connectivity index (χ3v) is 2.72. The quantitative estimate of drug-likeness (QED) is 0.685. The lowest BCUT2D eigenvalue weighted by Crippen LogP contribution is -1.83. The van der Waals surface area contributed by atoms with Crippen LogP contribution in [-0.2, 0) is 0 Å². The van der Waals surface area contributed by atoms with Crippen molar-refractivity contribution in [3.63, 3.8) is 0 Å². The van der Waals surface area contributed by atoms with E-state index >= 15 is 0 Å². The lowest BCUT2D eigenvalue weighted by molar-refractivity contribution is 0.415. The predicted octanol–water partition coefficient (Wildman–Crippen LogP) is 2.95. The van der Waals surface area contributed by atoms with E-state index in [1.54, 1.807) is 13.2 Å². The Morgan fingerprint density at radius 1 is 1.05 bits per heavy atom. The van der Waals surface area contributed by atoms with Crippen LogP contribution in [0.5, 0.6) is 5.75 Å². The monoisotopic (exact) mass is 271 g/mol. The van der Waals surface area contributed by atoms with Crippen LogP contribution in [0.2, 0.25) is 0 Å². The van der Waals surface area contributed by atoms with Gasteiger partial charge in [0.05, 0.1) is 12.7 Å². The normalized spacial score (nSPS) is 10.5. The van der Waals surface area contributed by atoms with E-state index in [0.717, 1.165) is 5.56 Å². The number of hydrogen-bond donors (Lipinski definition) is 0. The Balaban J connectivity index is 1.95. The number of ether oxygens (including phenoxy) is 1. The summed E-state index contributed by atoms with van der Waals surface area (Å²) in [5.74, 6) is 0.797. The van der Waals surface area contributed by atoms with Gasteiger partial charge < -0.3 is 9.15 Å². The van der Waals surface area contributed by atoms with Crippen LogP contribution < -0.4 is 4.74 Å². The van der Waals surface area contributed by atoms with Crippen molar-refractivity contribution in [2.75, 3.05) is 7.11 Å². The Kier molecular flexibility index (Phi) is 3.12. The summed E-state index contributed by atoms with van der Waals surface area (Å²) < 4.78 is 23.5. The molecular formula is C14H10FN3O2. The highest BCUT2D eigenvalue weighted by molar-refractivity contribution is 5.58. The van der Waals surface area contributed by atoms with E-state index in [9.17, 15) is 4.39 Å². The smallest absolute Gasteiger partial charge is 0.249 e. The Morgan fingerprint density at radius 3 is 2.55 bits per heavy atom. The van der Waals surface area contributed by atoms with Gasteiger partial charge in [-0.25, -0.2) is 4.98 Å². The second kappa shape index (κ2) is 5.08. The van der Waals surface area contributed by atoms with Gasteiger partial charge in [-0.3, -0.25) is 0 Å². The van der Waals surface area contributed by atoms with Crippen LogP contribution in [0.3, 0.4) is 0 Å². The van der Waals surface area contributed by atoms with Crippen LogP contribution in [0, 0.1) is 5.95 Å². The maximum atomic E-state index is 12.8. The number of halogens is 1. The van der Waals surface area contributed by atoms with Crippen molar-refractivity contribution in [3.8, 4) is 28.7 Å². The Morgan fingerprint density at radius 2 is 1.85 bits per heavy atom. The number of aromatic nitrogens is 3. The highest BCUT2D eigenvalue weighted by Gasteiger charge is 2.11. The van der Waals surface area contributed by atoms with E-state index in [1.165, 1.54) is 18.3 Å². The average Bonchev–Trinajstić information content (AvgIpc) is 2.98. The van der Waals surface area contributed by atoms with Gasteiger partial charge in [-0.15, -0.1) is 10.2 Å². The Hall–Kier alpha value is -2.76. The van der Waals surface area contributed by atoms with Gasteiger partial charge in [0.25, 0.3) is 0 Å². The minimum atomic E-state index is -0.554. The van der Waals surface area contributed by atoms with Crippen molar-refractivity contribution < 1.29 is 13.5 Å². The molecule has 0 saturated heterocycles. The van der Waals surface area contributed by atoms with Gasteiger partial charge in [0.15, 0.2) is 0 Å². The molecule has 0 bridgehead atoms. The average molecular weight is 271 g/mol. The predicted molar refractivity (Wildman–Crippen MR) is 69.5 cm³/mol. The number of rotatable bonds is 3. The first-order chi connectivity index (χ1) is 9.76. The van der Waals surface area contributed by atoms with E-state index in [0.29, 0.717) is 17.2 Å². The number of benzene rings is 1. The van der Waals surface area contributed by atoms with Crippen LogP contribution in [0.1, 0.15) is 0 Å². The molecule has 0 unspecified atom stereocenters. The van der Waals surface area contributed by atoms with Crippen LogP contribution in [0.25, 0.3) is 22.9 Å². The van der Waals surface area contributed by atoms with E-state index in [-0.39, 0.29) is 5.89 Å². The molecule has 2 heterocycles. The van der Waals surface area contributed by atoms with E-state index in [1.807, 2.05) is 18.2 Å². The lowest BCUT2D eigenvalue weighted by atomic mass is 10.2. The molecule has 20 heavy (non-hydrogen) atoms.